The highest BCUT2D eigenvalue weighted by atomic mass is 127. The van der Waals surface area contributed by atoms with Gasteiger partial charge in [0.2, 0.25) is 0 Å². The highest BCUT2D eigenvalue weighted by Gasteiger charge is 2.29. The van der Waals surface area contributed by atoms with E-state index in [1.165, 1.54) is 13.2 Å². The molecule has 0 bridgehead atoms. The van der Waals surface area contributed by atoms with Crippen LogP contribution in [0.3, 0.4) is 0 Å². The molecule has 0 saturated heterocycles. The van der Waals surface area contributed by atoms with Crippen LogP contribution in [0.4, 0.5) is 13.2 Å². The summed E-state index contributed by atoms with van der Waals surface area (Å²) >= 11 is 0. The molecule has 0 unspecified atom stereocenters. The zero-order valence-corrected chi connectivity index (χ0v) is 16.2. The second-order valence-corrected chi connectivity index (χ2v) is 4.61. The van der Waals surface area contributed by atoms with E-state index in [4.69, 9.17) is 9.47 Å². The second-order valence-electron chi connectivity index (χ2n) is 4.61. The molecule has 1 aromatic carbocycles. The van der Waals surface area contributed by atoms with Crippen molar-refractivity contribution in [3.8, 4) is 11.5 Å². The van der Waals surface area contributed by atoms with Crippen LogP contribution in [0.15, 0.2) is 23.2 Å². The smallest absolute Gasteiger partial charge is 0.422 e. The molecule has 5 nitrogen and oxygen atoms in total. The molecule has 0 spiro atoms. The summed E-state index contributed by atoms with van der Waals surface area (Å²) in [6.45, 7) is 4.40. The van der Waals surface area contributed by atoms with Gasteiger partial charge in [0.15, 0.2) is 24.1 Å². The van der Waals surface area contributed by atoms with E-state index in [1.807, 2.05) is 13.8 Å². The molecule has 0 aliphatic heterocycles. The molecule has 0 atom stereocenters. The van der Waals surface area contributed by atoms with Crippen molar-refractivity contribution in [1.82, 2.24) is 10.6 Å². The third-order valence-corrected chi connectivity index (χ3v) is 2.73. The molecule has 0 aromatic heterocycles. The maximum absolute atomic E-state index is 12.2. The molecule has 9 heteroatoms. The Kier molecular flexibility index (Phi) is 10.6. The number of aliphatic imine (C=N–C) groups is 1. The standard InChI is InChI=1S/C15H22F3N3O2.HI/c1-4-19-14(20-5-2)21-9-11-6-7-12(13(8-11)22-3)23-10-15(16,17)18;/h6-8H,4-5,9-10H2,1-3H3,(H2,19,20,21);1H. The van der Waals surface area contributed by atoms with Crippen LogP contribution in [-0.2, 0) is 6.54 Å². The third-order valence-electron chi connectivity index (χ3n) is 2.73. The van der Waals surface area contributed by atoms with E-state index in [1.54, 1.807) is 12.1 Å². The molecule has 1 aromatic rings. The maximum Gasteiger partial charge on any atom is 0.422 e. The van der Waals surface area contributed by atoms with Crippen LogP contribution < -0.4 is 20.1 Å². The van der Waals surface area contributed by atoms with Crippen molar-refractivity contribution in [2.24, 2.45) is 4.99 Å². The van der Waals surface area contributed by atoms with Gasteiger partial charge in [-0.2, -0.15) is 13.2 Å². The largest absolute Gasteiger partial charge is 0.493 e. The first-order valence-electron chi connectivity index (χ1n) is 7.28. The average Bonchev–Trinajstić information content (AvgIpc) is 2.50. The Balaban J connectivity index is 0.00000529. The number of guanidine groups is 1. The Morgan fingerprint density at radius 1 is 1.12 bits per heavy atom. The summed E-state index contributed by atoms with van der Waals surface area (Å²) in [5, 5.41) is 6.18. The van der Waals surface area contributed by atoms with Crippen LogP contribution in [0.2, 0.25) is 0 Å². The molecule has 1 rings (SSSR count). The van der Waals surface area contributed by atoms with Crippen LogP contribution in [0, 0.1) is 0 Å². The normalized spacial score (nSPS) is 10.4. The van der Waals surface area contributed by atoms with Gasteiger partial charge in [0.1, 0.15) is 0 Å². The summed E-state index contributed by atoms with van der Waals surface area (Å²) in [7, 11) is 1.38. The zero-order valence-electron chi connectivity index (χ0n) is 13.9. The zero-order chi connectivity index (χ0) is 17.3. The first-order chi connectivity index (χ1) is 10.9. The van der Waals surface area contributed by atoms with Gasteiger partial charge in [-0.25, -0.2) is 4.99 Å². The summed E-state index contributed by atoms with van der Waals surface area (Å²) in [4.78, 5) is 4.38. The van der Waals surface area contributed by atoms with E-state index in [0.717, 1.165) is 18.7 Å². The number of benzene rings is 1. The minimum atomic E-state index is -4.39. The van der Waals surface area contributed by atoms with Crippen molar-refractivity contribution in [2.75, 3.05) is 26.8 Å². The molecular formula is C15H23F3IN3O2. The Bertz CT molecular complexity index is 517. The van der Waals surface area contributed by atoms with E-state index >= 15 is 0 Å². The van der Waals surface area contributed by atoms with Crippen LogP contribution >= 0.6 is 24.0 Å². The van der Waals surface area contributed by atoms with Gasteiger partial charge < -0.3 is 20.1 Å². The van der Waals surface area contributed by atoms with Gasteiger partial charge in [0.05, 0.1) is 13.7 Å². The summed E-state index contributed by atoms with van der Waals surface area (Å²) < 4.78 is 46.5. The lowest BCUT2D eigenvalue weighted by molar-refractivity contribution is -0.153. The fourth-order valence-electron chi connectivity index (χ4n) is 1.77. The monoisotopic (exact) mass is 461 g/mol. The Morgan fingerprint density at radius 2 is 1.75 bits per heavy atom. The molecule has 138 valence electrons. The lowest BCUT2D eigenvalue weighted by atomic mass is 10.2. The summed E-state index contributed by atoms with van der Waals surface area (Å²) in [6.07, 6.45) is -4.39. The van der Waals surface area contributed by atoms with Crippen LogP contribution in [0.5, 0.6) is 11.5 Å². The predicted molar refractivity (Wildman–Crippen MR) is 98.5 cm³/mol. The van der Waals surface area contributed by atoms with Gasteiger partial charge in [-0.05, 0) is 31.5 Å². The van der Waals surface area contributed by atoms with Crippen molar-refractivity contribution in [1.29, 1.82) is 0 Å². The maximum atomic E-state index is 12.2. The molecule has 0 fully saturated rings. The number of ether oxygens (including phenoxy) is 2. The van der Waals surface area contributed by atoms with E-state index in [0.29, 0.717) is 12.5 Å². The van der Waals surface area contributed by atoms with Crippen LogP contribution in [0.1, 0.15) is 19.4 Å². The van der Waals surface area contributed by atoms with E-state index in [2.05, 4.69) is 15.6 Å². The highest BCUT2D eigenvalue weighted by Crippen LogP contribution is 2.30. The fraction of sp³-hybridized carbons (Fsp3) is 0.533. The fourth-order valence-corrected chi connectivity index (χ4v) is 1.77. The molecule has 0 radical (unpaired) electrons. The van der Waals surface area contributed by atoms with E-state index in [9.17, 15) is 13.2 Å². The van der Waals surface area contributed by atoms with E-state index < -0.39 is 12.8 Å². The van der Waals surface area contributed by atoms with Crippen LogP contribution in [-0.4, -0.2) is 38.9 Å². The first-order valence-corrected chi connectivity index (χ1v) is 7.28. The summed E-state index contributed by atoms with van der Waals surface area (Å²) in [6, 6.07) is 4.73. The molecule has 0 aliphatic rings. The van der Waals surface area contributed by atoms with Crippen molar-refractivity contribution < 1.29 is 22.6 Å². The number of alkyl halides is 3. The summed E-state index contributed by atoms with van der Waals surface area (Å²) in [5.74, 6) is 0.970. The van der Waals surface area contributed by atoms with Crippen molar-refractivity contribution in [2.45, 2.75) is 26.6 Å². The van der Waals surface area contributed by atoms with Gasteiger partial charge >= 0.3 is 6.18 Å². The number of methoxy groups -OCH3 is 1. The molecule has 0 aliphatic carbocycles. The average molecular weight is 461 g/mol. The van der Waals surface area contributed by atoms with Crippen LogP contribution in [0.25, 0.3) is 0 Å². The predicted octanol–water partition coefficient (Wildman–Crippen LogP) is 3.33. The molecule has 0 saturated carbocycles. The minimum absolute atomic E-state index is 0. The Hall–Kier alpha value is -1.39. The van der Waals surface area contributed by atoms with Gasteiger partial charge in [0, 0.05) is 13.1 Å². The van der Waals surface area contributed by atoms with Gasteiger partial charge in [-0.15, -0.1) is 24.0 Å². The molecule has 2 N–H and O–H groups in total. The highest BCUT2D eigenvalue weighted by molar-refractivity contribution is 14.0. The number of rotatable bonds is 7. The SMILES string of the molecule is CCNC(=NCc1ccc(OCC(F)(F)F)c(OC)c1)NCC.I. The molecular weight excluding hydrogens is 438 g/mol. The third kappa shape index (κ3) is 8.46. The second kappa shape index (κ2) is 11.2. The lowest BCUT2D eigenvalue weighted by Crippen LogP contribution is -2.36. The Labute approximate surface area is 157 Å². The van der Waals surface area contributed by atoms with Crippen molar-refractivity contribution in [3.05, 3.63) is 23.8 Å². The number of hydrogen-bond acceptors (Lipinski definition) is 3. The van der Waals surface area contributed by atoms with E-state index in [-0.39, 0.29) is 35.5 Å². The minimum Gasteiger partial charge on any atom is -0.493 e. The van der Waals surface area contributed by atoms with Crippen molar-refractivity contribution >= 4 is 29.9 Å². The molecule has 0 amide bonds. The number of hydrogen-bond donors (Lipinski definition) is 2. The van der Waals surface area contributed by atoms with Gasteiger partial charge in [-0.1, -0.05) is 6.07 Å². The van der Waals surface area contributed by atoms with Gasteiger partial charge in [0.25, 0.3) is 0 Å². The topological polar surface area (TPSA) is 54.9 Å². The quantitative estimate of drug-likeness (QED) is 0.372. The molecule has 24 heavy (non-hydrogen) atoms. The lowest BCUT2D eigenvalue weighted by Gasteiger charge is -2.13. The van der Waals surface area contributed by atoms with Gasteiger partial charge in [-0.3, -0.25) is 0 Å². The Morgan fingerprint density at radius 3 is 2.25 bits per heavy atom. The first kappa shape index (κ1) is 22.6. The van der Waals surface area contributed by atoms with Crippen molar-refractivity contribution in [3.63, 3.8) is 0 Å². The number of nitrogens with zero attached hydrogens (tertiary/aromatic N) is 1. The summed E-state index contributed by atoms with van der Waals surface area (Å²) in [5.41, 5.74) is 0.800. The number of nitrogens with one attached hydrogen (secondary N) is 2. The number of halogens is 4. The molecule has 0 heterocycles.